The standard InChI is InChI=1S/C15H17FN4O/c1-10(11-4-6-13(16)7-5-11)19-9-12-3-2-8-18-14(12)15(17)20-21/h2-8,10,19,21H,9H2,1H3,(H2,17,20)/t10-/m0/s1. The number of nitrogens with one attached hydrogen (secondary N) is 1. The van der Waals surface area contributed by atoms with Crippen molar-refractivity contribution in [2.75, 3.05) is 0 Å². The van der Waals surface area contributed by atoms with Crippen LogP contribution in [0.1, 0.15) is 29.8 Å². The van der Waals surface area contributed by atoms with Crippen LogP contribution in [0.25, 0.3) is 0 Å². The van der Waals surface area contributed by atoms with Gasteiger partial charge < -0.3 is 16.3 Å². The van der Waals surface area contributed by atoms with E-state index in [1.54, 1.807) is 24.4 Å². The first-order chi connectivity index (χ1) is 10.1. The summed E-state index contributed by atoms with van der Waals surface area (Å²) in [6.45, 7) is 2.48. The second kappa shape index (κ2) is 6.81. The molecule has 0 aliphatic heterocycles. The number of hydrogen-bond acceptors (Lipinski definition) is 4. The molecule has 2 aromatic rings. The van der Waals surface area contributed by atoms with E-state index >= 15 is 0 Å². The highest BCUT2D eigenvalue weighted by atomic mass is 19.1. The van der Waals surface area contributed by atoms with Gasteiger partial charge in [-0.15, -0.1) is 0 Å². The molecule has 0 unspecified atom stereocenters. The summed E-state index contributed by atoms with van der Waals surface area (Å²) in [4.78, 5) is 4.11. The van der Waals surface area contributed by atoms with E-state index in [4.69, 9.17) is 10.9 Å². The molecule has 0 saturated heterocycles. The van der Waals surface area contributed by atoms with E-state index in [-0.39, 0.29) is 17.7 Å². The van der Waals surface area contributed by atoms with Gasteiger partial charge in [0.05, 0.1) is 0 Å². The first-order valence-electron chi connectivity index (χ1n) is 6.52. The summed E-state index contributed by atoms with van der Waals surface area (Å²) in [5.41, 5.74) is 7.84. The number of nitrogens with two attached hydrogens (primary N) is 1. The fraction of sp³-hybridized carbons (Fsp3) is 0.200. The largest absolute Gasteiger partial charge is 0.409 e. The Morgan fingerprint density at radius 2 is 2.10 bits per heavy atom. The lowest BCUT2D eigenvalue weighted by atomic mass is 10.1. The smallest absolute Gasteiger partial charge is 0.189 e. The molecule has 21 heavy (non-hydrogen) atoms. The molecule has 1 aromatic heterocycles. The van der Waals surface area contributed by atoms with Gasteiger partial charge in [-0.3, -0.25) is 4.98 Å². The van der Waals surface area contributed by atoms with Crippen molar-refractivity contribution in [3.8, 4) is 0 Å². The van der Waals surface area contributed by atoms with Crippen LogP contribution < -0.4 is 11.1 Å². The van der Waals surface area contributed by atoms with Crippen molar-refractivity contribution in [1.82, 2.24) is 10.3 Å². The lowest BCUT2D eigenvalue weighted by molar-refractivity contribution is 0.318. The molecule has 4 N–H and O–H groups in total. The summed E-state index contributed by atoms with van der Waals surface area (Å²) in [5, 5.41) is 15.0. The number of amidine groups is 1. The fourth-order valence-corrected chi connectivity index (χ4v) is 1.99. The van der Waals surface area contributed by atoms with Gasteiger partial charge in [0.25, 0.3) is 0 Å². The summed E-state index contributed by atoms with van der Waals surface area (Å²) in [6.07, 6.45) is 1.58. The summed E-state index contributed by atoms with van der Waals surface area (Å²) in [7, 11) is 0. The minimum atomic E-state index is -0.257. The van der Waals surface area contributed by atoms with E-state index in [0.717, 1.165) is 11.1 Å². The maximum atomic E-state index is 12.9. The maximum Gasteiger partial charge on any atom is 0.189 e. The topological polar surface area (TPSA) is 83.5 Å². The van der Waals surface area contributed by atoms with Gasteiger partial charge in [-0.05, 0) is 36.2 Å². The molecule has 1 aromatic carbocycles. The van der Waals surface area contributed by atoms with Gasteiger partial charge in [0.2, 0.25) is 0 Å². The molecular weight excluding hydrogens is 271 g/mol. The summed E-state index contributed by atoms with van der Waals surface area (Å²) >= 11 is 0. The van der Waals surface area contributed by atoms with Gasteiger partial charge in [-0.2, -0.15) is 0 Å². The summed E-state index contributed by atoms with van der Waals surface area (Å²) in [5.74, 6) is -0.283. The average molecular weight is 288 g/mol. The van der Waals surface area contributed by atoms with Crippen LogP contribution in [0.4, 0.5) is 4.39 Å². The molecule has 0 radical (unpaired) electrons. The molecule has 0 amide bonds. The van der Waals surface area contributed by atoms with E-state index in [1.807, 2.05) is 13.0 Å². The van der Waals surface area contributed by atoms with Gasteiger partial charge >= 0.3 is 0 Å². The third-order valence-corrected chi connectivity index (χ3v) is 3.21. The zero-order valence-electron chi connectivity index (χ0n) is 11.6. The highest BCUT2D eigenvalue weighted by molar-refractivity contribution is 5.96. The Labute approximate surface area is 122 Å². The molecular formula is C15H17FN4O. The number of oxime groups is 1. The third-order valence-electron chi connectivity index (χ3n) is 3.21. The van der Waals surface area contributed by atoms with Crippen molar-refractivity contribution in [2.24, 2.45) is 10.9 Å². The van der Waals surface area contributed by atoms with Crippen LogP contribution in [0.2, 0.25) is 0 Å². The number of halogens is 1. The van der Waals surface area contributed by atoms with Crippen molar-refractivity contribution in [1.29, 1.82) is 0 Å². The molecule has 0 aliphatic carbocycles. The van der Waals surface area contributed by atoms with Gasteiger partial charge in [-0.1, -0.05) is 23.4 Å². The first kappa shape index (κ1) is 14.9. The third kappa shape index (κ3) is 3.76. The predicted octanol–water partition coefficient (Wildman–Crippen LogP) is 2.17. The highest BCUT2D eigenvalue weighted by Crippen LogP contribution is 2.14. The zero-order valence-corrected chi connectivity index (χ0v) is 11.6. The monoisotopic (exact) mass is 288 g/mol. The quantitative estimate of drug-likeness (QED) is 0.341. The Morgan fingerprint density at radius 3 is 2.76 bits per heavy atom. The van der Waals surface area contributed by atoms with Gasteiger partial charge in [0.15, 0.2) is 5.84 Å². The molecule has 0 spiro atoms. The van der Waals surface area contributed by atoms with Crippen LogP contribution >= 0.6 is 0 Å². The highest BCUT2D eigenvalue weighted by Gasteiger charge is 2.10. The van der Waals surface area contributed by atoms with Crippen LogP contribution in [0.15, 0.2) is 47.8 Å². The minimum absolute atomic E-state index is 0.0261. The van der Waals surface area contributed by atoms with Crippen LogP contribution in [0, 0.1) is 5.82 Å². The zero-order chi connectivity index (χ0) is 15.2. The Bertz CT molecular complexity index is 628. The number of hydrogen-bond donors (Lipinski definition) is 3. The number of aromatic nitrogens is 1. The number of nitrogens with zero attached hydrogens (tertiary/aromatic N) is 2. The normalized spacial score (nSPS) is 13.1. The van der Waals surface area contributed by atoms with Gasteiger partial charge in [0, 0.05) is 18.8 Å². The molecule has 0 fully saturated rings. The van der Waals surface area contributed by atoms with E-state index in [0.29, 0.717) is 12.2 Å². The van der Waals surface area contributed by atoms with Crippen molar-refractivity contribution in [3.05, 3.63) is 65.2 Å². The molecule has 5 nitrogen and oxygen atoms in total. The van der Waals surface area contributed by atoms with Crippen LogP contribution in [0.5, 0.6) is 0 Å². The molecule has 1 atom stereocenters. The number of rotatable bonds is 5. The van der Waals surface area contributed by atoms with Crippen LogP contribution in [0.3, 0.4) is 0 Å². The Kier molecular flexibility index (Phi) is 4.84. The predicted molar refractivity (Wildman–Crippen MR) is 78.4 cm³/mol. The molecule has 1 heterocycles. The lowest BCUT2D eigenvalue weighted by Gasteiger charge is -2.15. The summed E-state index contributed by atoms with van der Waals surface area (Å²) < 4.78 is 12.9. The lowest BCUT2D eigenvalue weighted by Crippen LogP contribution is -2.23. The number of benzene rings is 1. The maximum absolute atomic E-state index is 12.9. The second-order valence-corrected chi connectivity index (χ2v) is 4.65. The van der Waals surface area contributed by atoms with E-state index in [2.05, 4.69) is 15.5 Å². The molecule has 0 aliphatic rings. The van der Waals surface area contributed by atoms with Crippen molar-refractivity contribution in [3.63, 3.8) is 0 Å². The Hall–Kier alpha value is -2.47. The number of pyridine rings is 1. The van der Waals surface area contributed by atoms with E-state index in [1.165, 1.54) is 12.1 Å². The average Bonchev–Trinajstić information content (AvgIpc) is 2.52. The molecule has 0 saturated carbocycles. The van der Waals surface area contributed by atoms with E-state index < -0.39 is 0 Å². The Balaban J connectivity index is 2.08. The minimum Gasteiger partial charge on any atom is -0.409 e. The SMILES string of the molecule is C[C@H](NCc1cccnc1/C(N)=N/O)c1ccc(F)cc1. The molecule has 6 heteroatoms. The van der Waals surface area contributed by atoms with Crippen LogP contribution in [-0.2, 0) is 6.54 Å². The Morgan fingerprint density at radius 1 is 1.38 bits per heavy atom. The second-order valence-electron chi connectivity index (χ2n) is 4.65. The van der Waals surface area contributed by atoms with Crippen molar-refractivity contribution < 1.29 is 9.60 Å². The van der Waals surface area contributed by atoms with E-state index in [9.17, 15) is 4.39 Å². The molecule has 2 rings (SSSR count). The molecule has 110 valence electrons. The summed E-state index contributed by atoms with van der Waals surface area (Å²) in [6, 6.07) is 10.0. The fourth-order valence-electron chi connectivity index (χ4n) is 1.99. The van der Waals surface area contributed by atoms with Gasteiger partial charge in [-0.25, -0.2) is 4.39 Å². The van der Waals surface area contributed by atoms with Gasteiger partial charge in [0.1, 0.15) is 11.5 Å². The van der Waals surface area contributed by atoms with Crippen molar-refractivity contribution >= 4 is 5.84 Å². The molecule has 0 bridgehead atoms. The van der Waals surface area contributed by atoms with Crippen molar-refractivity contribution in [2.45, 2.75) is 19.5 Å². The first-order valence-corrected chi connectivity index (χ1v) is 6.52. The van der Waals surface area contributed by atoms with Crippen LogP contribution in [-0.4, -0.2) is 16.0 Å².